The van der Waals surface area contributed by atoms with Gasteiger partial charge in [-0.1, -0.05) is 69.5 Å². The normalized spacial score (nSPS) is 11.5. The highest BCUT2D eigenvalue weighted by atomic mass is 79.9. The number of hydrogen-bond donors (Lipinski definition) is 1. The molecule has 0 radical (unpaired) electrons. The van der Waals surface area contributed by atoms with Crippen molar-refractivity contribution < 1.29 is 13.2 Å². The van der Waals surface area contributed by atoms with E-state index in [1.165, 1.54) is 18.2 Å². The molecule has 9 heteroatoms. The number of nitrogens with one attached hydrogen (secondary N) is 1. The second-order valence-corrected chi connectivity index (χ2v) is 10.4. The van der Waals surface area contributed by atoms with Gasteiger partial charge in [-0.2, -0.15) is 4.31 Å². The second-order valence-electron chi connectivity index (χ2n) is 6.70. The van der Waals surface area contributed by atoms with Gasteiger partial charge in [0.2, 0.25) is 15.9 Å². The Labute approximate surface area is 200 Å². The Balaban J connectivity index is 1.83. The van der Waals surface area contributed by atoms with Gasteiger partial charge in [-0.25, -0.2) is 8.42 Å². The third-order valence-electron chi connectivity index (χ3n) is 4.47. The van der Waals surface area contributed by atoms with E-state index in [2.05, 4.69) is 21.2 Å². The maximum atomic E-state index is 13.3. The molecule has 0 bridgehead atoms. The Morgan fingerprint density at radius 1 is 0.968 bits per heavy atom. The molecule has 5 nitrogen and oxygen atoms in total. The molecule has 0 saturated carbocycles. The molecular weight excluding hydrogens is 523 g/mol. The van der Waals surface area contributed by atoms with Crippen LogP contribution < -0.4 is 5.32 Å². The molecule has 31 heavy (non-hydrogen) atoms. The Bertz CT molecular complexity index is 1160. The van der Waals surface area contributed by atoms with Crippen LogP contribution in [-0.2, 0) is 21.2 Å². The molecule has 3 rings (SSSR count). The number of halogens is 3. The summed E-state index contributed by atoms with van der Waals surface area (Å²) in [5.74, 6) is -0.516. The van der Waals surface area contributed by atoms with E-state index in [1.807, 2.05) is 30.3 Å². The molecule has 0 saturated heterocycles. The maximum Gasteiger partial charge on any atom is 0.243 e. The largest absolute Gasteiger partial charge is 0.324 e. The first-order valence-electron chi connectivity index (χ1n) is 9.30. The summed E-state index contributed by atoms with van der Waals surface area (Å²) in [5.41, 5.74) is 1.29. The van der Waals surface area contributed by atoms with Gasteiger partial charge in [-0.3, -0.25) is 4.79 Å². The van der Waals surface area contributed by atoms with Gasteiger partial charge in [0.25, 0.3) is 0 Å². The molecular formula is C22H19BrCl2N2O3S. The number of benzene rings is 3. The average molecular weight is 542 g/mol. The summed E-state index contributed by atoms with van der Waals surface area (Å²) in [7, 11) is -3.90. The number of nitrogens with zero attached hydrogens (tertiary/aromatic N) is 1. The Kier molecular flexibility index (Phi) is 8.13. The molecule has 1 amide bonds. The van der Waals surface area contributed by atoms with Crippen LogP contribution in [0, 0.1) is 0 Å². The van der Waals surface area contributed by atoms with Crippen molar-refractivity contribution >= 4 is 60.7 Å². The Morgan fingerprint density at radius 2 is 1.65 bits per heavy atom. The molecule has 3 aromatic carbocycles. The number of carbonyl (C=O) groups is 1. The zero-order valence-corrected chi connectivity index (χ0v) is 20.2. The standard InChI is InChI=1S/C22H19BrCl2N2O3S/c23-17-6-9-19(10-7-17)31(29,30)27(13-12-16-4-2-1-3-5-16)15-22(28)26-21-14-18(24)8-11-20(21)25/h1-11,14H,12-13,15H2,(H,26,28). The molecule has 162 valence electrons. The van der Waals surface area contributed by atoms with E-state index in [-0.39, 0.29) is 18.0 Å². The zero-order valence-electron chi connectivity index (χ0n) is 16.3. The summed E-state index contributed by atoms with van der Waals surface area (Å²) in [6, 6.07) is 20.5. The van der Waals surface area contributed by atoms with Crippen LogP contribution >= 0.6 is 39.1 Å². The third kappa shape index (κ3) is 6.54. The minimum absolute atomic E-state index is 0.109. The van der Waals surface area contributed by atoms with Crippen molar-refractivity contribution in [2.24, 2.45) is 0 Å². The van der Waals surface area contributed by atoms with Gasteiger partial charge in [0, 0.05) is 16.0 Å². The van der Waals surface area contributed by atoms with E-state index in [0.29, 0.717) is 22.2 Å². The predicted molar refractivity (Wildman–Crippen MR) is 128 cm³/mol. The fraction of sp³-hybridized carbons (Fsp3) is 0.136. The van der Waals surface area contributed by atoms with E-state index < -0.39 is 15.9 Å². The van der Waals surface area contributed by atoms with Crippen molar-refractivity contribution in [3.8, 4) is 0 Å². The van der Waals surface area contributed by atoms with Gasteiger partial charge in [0.05, 0.1) is 22.2 Å². The van der Waals surface area contributed by atoms with Crippen LogP contribution in [-0.4, -0.2) is 31.7 Å². The van der Waals surface area contributed by atoms with Crippen LogP contribution in [0.25, 0.3) is 0 Å². The molecule has 3 aromatic rings. The summed E-state index contributed by atoms with van der Waals surface area (Å²) < 4.78 is 28.4. The van der Waals surface area contributed by atoms with Gasteiger partial charge in [-0.15, -0.1) is 0 Å². The van der Waals surface area contributed by atoms with Gasteiger partial charge >= 0.3 is 0 Å². The van der Waals surface area contributed by atoms with Crippen LogP contribution in [0.5, 0.6) is 0 Å². The van der Waals surface area contributed by atoms with Crippen LogP contribution in [0.15, 0.2) is 82.2 Å². The number of rotatable bonds is 8. The molecule has 0 aromatic heterocycles. The third-order valence-corrected chi connectivity index (χ3v) is 7.42. The molecule has 0 atom stereocenters. The van der Waals surface area contributed by atoms with Crippen molar-refractivity contribution in [3.05, 3.63) is 92.9 Å². The van der Waals surface area contributed by atoms with Gasteiger partial charge in [0.15, 0.2) is 0 Å². The smallest absolute Gasteiger partial charge is 0.243 e. The highest BCUT2D eigenvalue weighted by Crippen LogP contribution is 2.26. The second kappa shape index (κ2) is 10.6. The molecule has 0 spiro atoms. The van der Waals surface area contributed by atoms with E-state index in [4.69, 9.17) is 23.2 Å². The minimum atomic E-state index is -3.90. The highest BCUT2D eigenvalue weighted by Gasteiger charge is 2.26. The van der Waals surface area contributed by atoms with Crippen LogP contribution in [0.1, 0.15) is 5.56 Å². The lowest BCUT2D eigenvalue weighted by Gasteiger charge is -2.22. The summed E-state index contributed by atoms with van der Waals surface area (Å²) in [5, 5.41) is 3.36. The first-order valence-corrected chi connectivity index (χ1v) is 12.3. The van der Waals surface area contributed by atoms with Crippen molar-refractivity contribution in [1.82, 2.24) is 4.31 Å². The molecule has 0 aliphatic heterocycles. The minimum Gasteiger partial charge on any atom is -0.324 e. The summed E-state index contributed by atoms with van der Waals surface area (Å²) in [6.45, 7) is -0.229. The Hall–Kier alpha value is -1.90. The number of amides is 1. The predicted octanol–water partition coefficient (Wildman–Crippen LogP) is 5.63. The van der Waals surface area contributed by atoms with Gasteiger partial charge in [-0.05, 0) is 54.4 Å². The first kappa shape index (κ1) is 23.8. The average Bonchev–Trinajstić information content (AvgIpc) is 2.74. The van der Waals surface area contributed by atoms with Crippen LogP contribution in [0.2, 0.25) is 10.0 Å². The molecule has 0 aliphatic carbocycles. The quantitative estimate of drug-likeness (QED) is 0.402. The maximum absolute atomic E-state index is 13.3. The lowest BCUT2D eigenvalue weighted by Crippen LogP contribution is -2.39. The number of hydrogen-bond acceptors (Lipinski definition) is 3. The van der Waals surface area contributed by atoms with E-state index in [1.54, 1.807) is 24.3 Å². The fourth-order valence-corrected chi connectivity index (χ4v) is 4.88. The van der Waals surface area contributed by atoms with E-state index >= 15 is 0 Å². The molecule has 0 fully saturated rings. The molecule has 0 heterocycles. The van der Waals surface area contributed by atoms with Crippen LogP contribution in [0.4, 0.5) is 5.69 Å². The molecule has 0 aliphatic rings. The monoisotopic (exact) mass is 540 g/mol. The summed E-state index contributed by atoms with van der Waals surface area (Å²) in [6.07, 6.45) is 0.460. The fourth-order valence-electron chi connectivity index (χ4n) is 2.88. The lowest BCUT2D eigenvalue weighted by molar-refractivity contribution is -0.116. The van der Waals surface area contributed by atoms with Crippen molar-refractivity contribution in [2.75, 3.05) is 18.4 Å². The highest BCUT2D eigenvalue weighted by molar-refractivity contribution is 9.10. The number of carbonyl (C=O) groups excluding carboxylic acids is 1. The van der Waals surface area contributed by atoms with Crippen LogP contribution in [0.3, 0.4) is 0 Å². The SMILES string of the molecule is O=C(CN(CCc1ccccc1)S(=O)(=O)c1ccc(Br)cc1)Nc1cc(Cl)ccc1Cl. The Morgan fingerprint density at radius 3 is 2.32 bits per heavy atom. The van der Waals surface area contributed by atoms with Gasteiger partial charge in [0.1, 0.15) is 0 Å². The van der Waals surface area contributed by atoms with Gasteiger partial charge < -0.3 is 5.32 Å². The van der Waals surface area contributed by atoms with E-state index in [9.17, 15) is 13.2 Å². The summed E-state index contributed by atoms with van der Waals surface area (Å²) >= 11 is 15.4. The lowest BCUT2D eigenvalue weighted by atomic mass is 10.1. The number of sulfonamides is 1. The number of anilines is 1. The first-order chi connectivity index (χ1) is 14.8. The van der Waals surface area contributed by atoms with Crippen molar-refractivity contribution in [1.29, 1.82) is 0 Å². The summed E-state index contributed by atoms with van der Waals surface area (Å²) in [4.78, 5) is 12.8. The topological polar surface area (TPSA) is 66.5 Å². The van der Waals surface area contributed by atoms with Crippen molar-refractivity contribution in [2.45, 2.75) is 11.3 Å². The molecule has 0 unspecified atom stereocenters. The zero-order chi connectivity index (χ0) is 22.4. The van der Waals surface area contributed by atoms with E-state index in [0.717, 1.165) is 14.3 Å². The van der Waals surface area contributed by atoms with Crippen molar-refractivity contribution in [3.63, 3.8) is 0 Å². The molecule has 1 N–H and O–H groups in total.